The largest absolute Gasteiger partial charge is 0.492 e. The average molecular weight is 332 g/mol. The van der Waals surface area contributed by atoms with E-state index in [0.29, 0.717) is 0 Å². The second kappa shape index (κ2) is 8.84. The van der Waals surface area contributed by atoms with Crippen LogP contribution in [0.4, 0.5) is 0 Å². The highest BCUT2D eigenvalue weighted by atomic mass is 16.5. The third-order valence-corrected chi connectivity index (χ3v) is 5.37. The lowest BCUT2D eigenvalue weighted by Crippen LogP contribution is -2.47. The molecular weight excluding hydrogens is 298 g/mol. The van der Waals surface area contributed by atoms with Crippen LogP contribution >= 0.6 is 0 Å². The highest BCUT2D eigenvalue weighted by molar-refractivity contribution is 5.33. The molecule has 0 aromatic heterocycles. The topological polar surface area (TPSA) is 19.0 Å². The van der Waals surface area contributed by atoms with Crippen LogP contribution in [-0.4, -0.2) is 74.7 Å². The first-order valence-electron chi connectivity index (χ1n) is 9.51. The van der Waals surface area contributed by atoms with E-state index in [9.17, 15) is 0 Å². The Morgan fingerprint density at radius 3 is 2.42 bits per heavy atom. The van der Waals surface area contributed by atoms with Crippen LogP contribution < -0.4 is 4.74 Å². The van der Waals surface area contributed by atoms with Crippen LogP contribution in [-0.2, 0) is 6.54 Å². The van der Waals surface area contributed by atoms with Crippen molar-refractivity contribution in [3.8, 4) is 5.75 Å². The van der Waals surface area contributed by atoms with Crippen LogP contribution in [0.25, 0.3) is 0 Å². The summed E-state index contributed by atoms with van der Waals surface area (Å²) in [5.74, 6) is 2.04. The van der Waals surface area contributed by atoms with E-state index in [1.54, 1.807) is 0 Å². The number of ether oxygens (including phenoxy) is 1. The summed E-state index contributed by atoms with van der Waals surface area (Å²) in [6.07, 6.45) is 4.37. The van der Waals surface area contributed by atoms with Gasteiger partial charge in [0.25, 0.3) is 0 Å². The van der Waals surface area contributed by atoms with Crippen LogP contribution in [0.15, 0.2) is 24.3 Å². The molecule has 4 nitrogen and oxygen atoms in total. The van der Waals surface area contributed by atoms with Gasteiger partial charge >= 0.3 is 0 Å². The summed E-state index contributed by atoms with van der Waals surface area (Å²) in [4.78, 5) is 7.40. The molecule has 1 saturated carbocycles. The Morgan fingerprint density at radius 2 is 1.75 bits per heavy atom. The predicted molar refractivity (Wildman–Crippen MR) is 99.5 cm³/mol. The van der Waals surface area contributed by atoms with Gasteiger partial charge in [0.2, 0.25) is 0 Å². The van der Waals surface area contributed by atoms with Gasteiger partial charge in [0.05, 0.1) is 0 Å². The van der Waals surface area contributed by atoms with Gasteiger partial charge in [-0.3, -0.25) is 4.90 Å². The molecule has 1 aliphatic carbocycles. The Hall–Kier alpha value is -1.10. The fourth-order valence-electron chi connectivity index (χ4n) is 3.52. The molecule has 0 N–H and O–H groups in total. The zero-order valence-corrected chi connectivity index (χ0v) is 15.4. The molecule has 2 fully saturated rings. The standard InChI is InChI=1S/C20H33N3O/c1-21(2)14-15-24-20-9-4-3-8-19(20)17-23-12-10-22(11-13-23)16-18-6-5-7-18/h3-4,8-9,18H,5-7,10-17H2,1-2H3. The summed E-state index contributed by atoms with van der Waals surface area (Å²) in [7, 11) is 4.16. The van der Waals surface area contributed by atoms with E-state index in [-0.39, 0.29) is 0 Å². The molecule has 4 heteroatoms. The van der Waals surface area contributed by atoms with Crippen molar-refractivity contribution in [3.63, 3.8) is 0 Å². The maximum Gasteiger partial charge on any atom is 0.123 e. The van der Waals surface area contributed by atoms with E-state index >= 15 is 0 Å². The van der Waals surface area contributed by atoms with Crippen molar-refractivity contribution in [1.29, 1.82) is 0 Å². The fraction of sp³-hybridized carbons (Fsp3) is 0.700. The molecule has 1 heterocycles. The SMILES string of the molecule is CN(C)CCOc1ccccc1CN1CCN(CC2CCC2)CC1. The Bertz CT molecular complexity index is 493. The molecule has 3 rings (SSSR count). The second-order valence-corrected chi connectivity index (χ2v) is 7.63. The maximum atomic E-state index is 6.01. The number of hydrogen-bond donors (Lipinski definition) is 0. The molecule has 0 atom stereocenters. The van der Waals surface area contributed by atoms with Crippen LogP contribution in [0.3, 0.4) is 0 Å². The number of likely N-dealkylation sites (N-methyl/N-ethyl adjacent to an activating group) is 1. The van der Waals surface area contributed by atoms with Crippen LogP contribution in [0.5, 0.6) is 5.75 Å². The highest BCUT2D eigenvalue weighted by Gasteiger charge is 2.23. The Balaban J connectivity index is 1.45. The molecule has 2 aliphatic rings. The molecule has 0 amide bonds. The lowest BCUT2D eigenvalue weighted by molar-refractivity contribution is 0.0960. The van der Waals surface area contributed by atoms with Gasteiger partial charge in [-0.05, 0) is 38.9 Å². The van der Waals surface area contributed by atoms with Crippen molar-refractivity contribution in [2.24, 2.45) is 5.92 Å². The number of para-hydroxylation sites is 1. The van der Waals surface area contributed by atoms with Gasteiger partial charge in [-0.2, -0.15) is 0 Å². The van der Waals surface area contributed by atoms with Crippen LogP contribution in [0.2, 0.25) is 0 Å². The lowest BCUT2D eigenvalue weighted by atomic mass is 9.85. The summed E-state index contributed by atoms with van der Waals surface area (Å²) in [5, 5.41) is 0. The molecule has 0 radical (unpaired) electrons. The Morgan fingerprint density at radius 1 is 1.04 bits per heavy atom. The molecule has 0 bridgehead atoms. The van der Waals surface area contributed by atoms with E-state index in [4.69, 9.17) is 4.74 Å². The van der Waals surface area contributed by atoms with Crippen molar-refractivity contribution < 1.29 is 4.74 Å². The van der Waals surface area contributed by atoms with Gasteiger partial charge in [0, 0.05) is 51.4 Å². The van der Waals surface area contributed by atoms with E-state index in [1.165, 1.54) is 57.5 Å². The van der Waals surface area contributed by atoms with E-state index in [1.807, 2.05) is 0 Å². The molecule has 1 aromatic carbocycles. The van der Waals surface area contributed by atoms with Gasteiger partial charge in [-0.25, -0.2) is 0 Å². The molecule has 1 aliphatic heterocycles. The molecule has 134 valence electrons. The number of benzene rings is 1. The average Bonchev–Trinajstić information content (AvgIpc) is 2.54. The predicted octanol–water partition coefficient (Wildman–Crippen LogP) is 2.54. The zero-order valence-electron chi connectivity index (χ0n) is 15.4. The fourth-order valence-corrected chi connectivity index (χ4v) is 3.52. The van der Waals surface area contributed by atoms with Crippen LogP contribution in [0.1, 0.15) is 24.8 Å². The van der Waals surface area contributed by atoms with E-state index in [0.717, 1.165) is 31.4 Å². The number of nitrogens with zero attached hydrogens (tertiary/aromatic N) is 3. The van der Waals surface area contributed by atoms with E-state index in [2.05, 4.69) is 53.1 Å². The van der Waals surface area contributed by atoms with Gasteiger partial charge in [0.1, 0.15) is 12.4 Å². The quantitative estimate of drug-likeness (QED) is 0.729. The summed E-state index contributed by atoms with van der Waals surface area (Å²) < 4.78 is 6.01. The first-order valence-corrected chi connectivity index (χ1v) is 9.51. The Labute approximate surface area is 147 Å². The van der Waals surface area contributed by atoms with E-state index < -0.39 is 0 Å². The van der Waals surface area contributed by atoms with Crippen molar-refractivity contribution in [3.05, 3.63) is 29.8 Å². The van der Waals surface area contributed by atoms with Gasteiger partial charge in [-0.1, -0.05) is 24.6 Å². The first-order chi connectivity index (χ1) is 11.7. The maximum absolute atomic E-state index is 6.01. The van der Waals surface area contributed by atoms with Gasteiger partial charge in [-0.15, -0.1) is 0 Å². The minimum Gasteiger partial charge on any atom is -0.492 e. The monoisotopic (exact) mass is 331 g/mol. The minimum atomic E-state index is 0.749. The summed E-state index contributed by atoms with van der Waals surface area (Å²) in [6, 6.07) is 8.52. The number of hydrogen-bond acceptors (Lipinski definition) is 4. The smallest absolute Gasteiger partial charge is 0.123 e. The van der Waals surface area contributed by atoms with Crippen molar-refractivity contribution in [2.75, 3.05) is 60.0 Å². The second-order valence-electron chi connectivity index (χ2n) is 7.63. The summed E-state index contributed by atoms with van der Waals surface area (Å²) in [6.45, 7) is 8.85. The summed E-state index contributed by atoms with van der Waals surface area (Å²) >= 11 is 0. The zero-order chi connectivity index (χ0) is 16.8. The molecule has 24 heavy (non-hydrogen) atoms. The van der Waals surface area contributed by atoms with Crippen molar-refractivity contribution in [1.82, 2.24) is 14.7 Å². The van der Waals surface area contributed by atoms with Gasteiger partial charge < -0.3 is 14.5 Å². The third-order valence-electron chi connectivity index (χ3n) is 5.37. The Kier molecular flexibility index (Phi) is 6.52. The molecule has 1 aromatic rings. The number of piperazine rings is 1. The molecule has 0 unspecified atom stereocenters. The van der Waals surface area contributed by atoms with Crippen LogP contribution in [0, 0.1) is 5.92 Å². The van der Waals surface area contributed by atoms with Crippen molar-refractivity contribution >= 4 is 0 Å². The lowest BCUT2D eigenvalue weighted by Gasteiger charge is -2.38. The molecule has 0 spiro atoms. The first kappa shape index (κ1) is 17.7. The normalized spacial score (nSPS) is 20.3. The molecule has 1 saturated heterocycles. The highest BCUT2D eigenvalue weighted by Crippen LogP contribution is 2.27. The molecular formula is C20H33N3O. The minimum absolute atomic E-state index is 0.749. The van der Waals surface area contributed by atoms with Crippen molar-refractivity contribution in [2.45, 2.75) is 25.8 Å². The summed E-state index contributed by atoms with van der Waals surface area (Å²) in [5.41, 5.74) is 1.32. The third kappa shape index (κ3) is 5.20. The van der Waals surface area contributed by atoms with Gasteiger partial charge in [0.15, 0.2) is 0 Å². The number of rotatable bonds is 8.